The number of aliphatic hydroxyl groups is 1. The summed E-state index contributed by atoms with van der Waals surface area (Å²) in [7, 11) is 1.01. The van der Waals surface area contributed by atoms with E-state index in [1.54, 1.807) is 18.3 Å². The molecule has 0 spiro atoms. The van der Waals surface area contributed by atoms with Crippen molar-refractivity contribution < 1.29 is 9.52 Å². The van der Waals surface area contributed by atoms with Gasteiger partial charge in [-0.2, -0.15) is 4.98 Å². The van der Waals surface area contributed by atoms with Crippen molar-refractivity contribution in [3.05, 3.63) is 107 Å². The van der Waals surface area contributed by atoms with Gasteiger partial charge < -0.3 is 20.2 Å². The molecule has 4 N–H and O–H groups in total. The summed E-state index contributed by atoms with van der Waals surface area (Å²) in [6.07, 6.45) is 1.60. The van der Waals surface area contributed by atoms with Crippen molar-refractivity contribution in [2.45, 2.75) is 13.0 Å². The highest BCUT2D eigenvalue weighted by atomic mass is 35.5. The second-order valence-corrected chi connectivity index (χ2v) is 9.24. The van der Waals surface area contributed by atoms with Gasteiger partial charge >= 0.3 is 6.01 Å². The van der Waals surface area contributed by atoms with Crippen LogP contribution < -0.4 is 16.0 Å². The highest BCUT2D eigenvalue weighted by Crippen LogP contribution is 2.38. The number of anilines is 2. The predicted molar refractivity (Wildman–Crippen MR) is 154 cm³/mol. The van der Waals surface area contributed by atoms with Crippen LogP contribution in [0.25, 0.3) is 11.1 Å². The number of allylic oxidation sites excluding steroid dienone is 1. The molecule has 3 heterocycles. The molecule has 4 aromatic rings. The molecule has 0 radical (unpaired) electrons. The van der Waals surface area contributed by atoms with Crippen LogP contribution in [0.5, 0.6) is 0 Å². The maximum absolute atomic E-state index is 10.1. The van der Waals surface area contributed by atoms with Crippen LogP contribution in [0, 0.1) is 0 Å². The number of rotatable bonds is 6. The van der Waals surface area contributed by atoms with Crippen LogP contribution in [-0.4, -0.2) is 32.0 Å². The fourth-order valence-corrected chi connectivity index (χ4v) is 4.55. The smallest absolute Gasteiger partial charge is 0.302 e. The topological polar surface area (TPSA) is 108 Å². The van der Waals surface area contributed by atoms with Crippen molar-refractivity contribution in [1.82, 2.24) is 15.3 Å². The second-order valence-electron chi connectivity index (χ2n) is 8.16. The predicted octanol–water partition coefficient (Wildman–Crippen LogP) is 6.09. The van der Waals surface area contributed by atoms with Gasteiger partial charge in [0.1, 0.15) is 22.4 Å². The maximum Gasteiger partial charge on any atom is 0.302 e. The number of fused-ring (bicyclic) bond motifs is 1. The molecule has 1 aliphatic heterocycles. The highest BCUT2D eigenvalue weighted by molar-refractivity contribution is 7.96. The lowest BCUT2D eigenvalue weighted by atomic mass is 9.94. The standard InChI is InChI=1S/C27H23ClN6O2S/c1-15(30-22-14-17(12-13-29-22)25(35)37-3)23-16(2)31-26(33-24(23)18-8-4-5-9-19(18)28)34-27-32-20-10-6-7-11-21(20)36-27/h4-14,24,35H,1,3H2,2H3,(H,29,30)(H2,31,32,33,34). The van der Waals surface area contributed by atoms with E-state index in [1.165, 1.54) is 0 Å². The minimum atomic E-state index is -0.486. The van der Waals surface area contributed by atoms with Crippen LogP contribution in [0.1, 0.15) is 24.1 Å². The summed E-state index contributed by atoms with van der Waals surface area (Å²) in [5, 5.41) is 20.4. The van der Waals surface area contributed by atoms with Gasteiger partial charge in [0, 0.05) is 33.8 Å². The van der Waals surface area contributed by atoms with Crippen molar-refractivity contribution in [1.29, 1.82) is 0 Å². The van der Waals surface area contributed by atoms with Crippen molar-refractivity contribution in [2.24, 2.45) is 4.99 Å². The number of hydrogen-bond acceptors (Lipinski definition) is 7. The first-order valence-corrected chi connectivity index (χ1v) is 12.6. The van der Waals surface area contributed by atoms with Crippen molar-refractivity contribution in [3.63, 3.8) is 0 Å². The number of para-hydroxylation sites is 2. The van der Waals surface area contributed by atoms with Gasteiger partial charge in [-0.25, -0.2) is 9.98 Å². The molecule has 0 bridgehead atoms. The lowest BCUT2D eigenvalue weighted by Crippen LogP contribution is -2.35. The van der Waals surface area contributed by atoms with Crippen LogP contribution >= 0.6 is 22.5 Å². The summed E-state index contributed by atoms with van der Waals surface area (Å²) < 4.78 is 5.81. The number of nitrogens with one attached hydrogen (secondary N) is 3. The molecule has 0 saturated heterocycles. The van der Waals surface area contributed by atoms with E-state index in [4.69, 9.17) is 21.0 Å². The molecule has 2 aromatic carbocycles. The third-order valence-electron chi connectivity index (χ3n) is 5.71. The van der Waals surface area contributed by atoms with Gasteiger partial charge in [-0.1, -0.05) is 48.5 Å². The number of hydrogen-bond donors (Lipinski definition) is 4. The van der Waals surface area contributed by atoms with Crippen molar-refractivity contribution in [3.8, 4) is 0 Å². The Morgan fingerprint density at radius 3 is 2.73 bits per heavy atom. The van der Waals surface area contributed by atoms with E-state index in [0.717, 1.165) is 33.3 Å². The Balaban J connectivity index is 1.48. The number of aromatic nitrogens is 2. The Kier molecular flexibility index (Phi) is 6.91. The van der Waals surface area contributed by atoms with E-state index < -0.39 is 6.04 Å². The van der Waals surface area contributed by atoms with E-state index in [1.807, 2.05) is 55.5 Å². The van der Waals surface area contributed by atoms with Gasteiger partial charge in [0.05, 0.1) is 0 Å². The lowest BCUT2D eigenvalue weighted by molar-refractivity contribution is 0.571. The minimum absolute atomic E-state index is 0.0965. The summed E-state index contributed by atoms with van der Waals surface area (Å²) in [6, 6.07) is 18.3. The van der Waals surface area contributed by atoms with E-state index in [2.05, 4.69) is 38.4 Å². The zero-order chi connectivity index (χ0) is 25.9. The fraction of sp³-hybridized carbons (Fsp3) is 0.0741. The zero-order valence-corrected chi connectivity index (χ0v) is 21.4. The van der Waals surface area contributed by atoms with E-state index in [-0.39, 0.29) is 5.05 Å². The summed E-state index contributed by atoms with van der Waals surface area (Å²) >= 11 is 6.60. The molecule has 1 atom stereocenters. The minimum Gasteiger partial charge on any atom is -0.423 e. The average Bonchev–Trinajstić information content (AvgIpc) is 3.30. The normalized spacial score (nSPS) is 15.1. The molecular formula is C27H23ClN6O2S. The molecule has 37 heavy (non-hydrogen) atoms. The van der Waals surface area contributed by atoms with Gasteiger partial charge in [-0.3, -0.25) is 5.32 Å². The Hall–Kier alpha value is -4.18. The third-order valence-corrected chi connectivity index (χ3v) is 6.56. The molecule has 0 aliphatic carbocycles. The molecular weight excluding hydrogens is 508 g/mol. The van der Waals surface area contributed by atoms with Crippen LogP contribution in [0.3, 0.4) is 0 Å². The molecule has 0 fully saturated rings. The molecule has 186 valence electrons. The fourth-order valence-electron chi connectivity index (χ4n) is 4.02. The first-order chi connectivity index (χ1) is 17.9. The van der Waals surface area contributed by atoms with E-state index in [9.17, 15) is 5.11 Å². The molecule has 5 rings (SSSR count). The third kappa shape index (κ3) is 5.19. The van der Waals surface area contributed by atoms with Gasteiger partial charge in [0.2, 0.25) is 5.96 Å². The van der Waals surface area contributed by atoms with Gasteiger partial charge in [0.25, 0.3) is 0 Å². The maximum atomic E-state index is 10.1. The molecule has 10 heteroatoms. The Morgan fingerprint density at radius 2 is 1.95 bits per heavy atom. The molecule has 2 aromatic heterocycles. The van der Waals surface area contributed by atoms with Crippen LogP contribution in [0.4, 0.5) is 11.8 Å². The van der Waals surface area contributed by atoms with Crippen LogP contribution in [0.15, 0.2) is 99.8 Å². The summed E-state index contributed by atoms with van der Waals surface area (Å²) in [6.45, 7) is 6.19. The number of guanidine groups is 1. The lowest BCUT2D eigenvalue weighted by Gasteiger charge is -2.29. The van der Waals surface area contributed by atoms with Crippen LogP contribution in [0.2, 0.25) is 5.02 Å². The number of pyridine rings is 1. The molecule has 0 amide bonds. The monoisotopic (exact) mass is 530 g/mol. The van der Waals surface area contributed by atoms with Crippen molar-refractivity contribution in [2.75, 3.05) is 10.6 Å². The zero-order valence-electron chi connectivity index (χ0n) is 19.8. The van der Waals surface area contributed by atoms with E-state index in [0.29, 0.717) is 39.7 Å². The Labute approximate surface area is 222 Å². The summed E-state index contributed by atoms with van der Waals surface area (Å²) in [5.41, 5.74) is 4.99. The van der Waals surface area contributed by atoms with Gasteiger partial charge in [-0.05, 0) is 48.7 Å². The largest absolute Gasteiger partial charge is 0.423 e. The van der Waals surface area contributed by atoms with Gasteiger partial charge in [0.15, 0.2) is 5.58 Å². The van der Waals surface area contributed by atoms with E-state index >= 15 is 0 Å². The number of aliphatic imine (C=N–C) groups is 1. The number of nitrogens with zero attached hydrogens (tertiary/aromatic N) is 3. The first-order valence-electron chi connectivity index (χ1n) is 11.3. The second kappa shape index (κ2) is 10.4. The molecule has 1 aliphatic rings. The summed E-state index contributed by atoms with van der Waals surface area (Å²) in [5.74, 6) is 4.62. The van der Waals surface area contributed by atoms with Gasteiger partial charge in [-0.15, -0.1) is 10.9 Å². The number of benzene rings is 2. The Bertz CT molecular complexity index is 1600. The highest BCUT2D eigenvalue weighted by Gasteiger charge is 2.28. The molecule has 1 unspecified atom stereocenters. The Morgan fingerprint density at radius 1 is 1.16 bits per heavy atom. The SMILES string of the molecule is C=S=C(O)c1ccnc(NC(=C)C2=C(C)NC(Nc3nc4ccccc4o3)=NC2c2ccccc2Cl)c1. The molecule has 8 nitrogen and oxygen atoms in total. The number of halogens is 1. The number of oxazole rings is 1. The number of aliphatic hydroxyl groups excluding tert-OH is 1. The average molecular weight is 531 g/mol. The van der Waals surface area contributed by atoms with Crippen LogP contribution in [-0.2, 0) is 0 Å². The quantitative estimate of drug-likeness (QED) is 0.223. The molecule has 0 saturated carbocycles. The summed E-state index contributed by atoms with van der Waals surface area (Å²) in [4.78, 5) is 13.7. The van der Waals surface area contributed by atoms with Crippen molar-refractivity contribution >= 4 is 62.4 Å². The first kappa shape index (κ1) is 24.5.